The number of rotatable bonds is 4. The predicted octanol–water partition coefficient (Wildman–Crippen LogP) is 12.0. The van der Waals surface area contributed by atoms with Gasteiger partial charge in [-0.25, -0.2) is 15.0 Å². The summed E-state index contributed by atoms with van der Waals surface area (Å²) in [6, 6.07) is 42.2. The SMILES string of the molecule is C1=CC2=C(CC1)c1cccc3c(-c4nc(-c5cccc6c5C5C=C(c7ccccc7)C=CC5O6)nc(-c5cccc6oc7ccccc7c56)n4)ccc2c13. The number of ether oxygens (including phenoxy) is 1. The van der Waals surface area contributed by atoms with Gasteiger partial charge in [0.1, 0.15) is 23.0 Å². The second-order valence-corrected chi connectivity index (χ2v) is 14.5. The van der Waals surface area contributed by atoms with Crippen LogP contribution >= 0.6 is 0 Å². The van der Waals surface area contributed by atoms with Gasteiger partial charge in [0.15, 0.2) is 17.5 Å². The number of hydrogen-bond donors (Lipinski definition) is 0. The molecule has 0 spiro atoms. The Morgan fingerprint density at radius 1 is 0.556 bits per heavy atom. The smallest absolute Gasteiger partial charge is 0.164 e. The highest BCUT2D eigenvalue weighted by atomic mass is 16.5. The molecule has 1 aliphatic heterocycles. The summed E-state index contributed by atoms with van der Waals surface area (Å²) < 4.78 is 12.9. The number of nitrogens with zero attached hydrogens (tertiary/aromatic N) is 3. The van der Waals surface area contributed by atoms with Crippen LogP contribution in [0.5, 0.6) is 5.75 Å². The summed E-state index contributed by atoms with van der Waals surface area (Å²) in [6.07, 6.45) is 13.3. The zero-order valence-electron chi connectivity index (χ0n) is 29.2. The number of hydrogen-bond acceptors (Lipinski definition) is 5. The van der Waals surface area contributed by atoms with E-state index in [1.54, 1.807) is 0 Å². The van der Waals surface area contributed by atoms with Crippen molar-refractivity contribution >= 4 is 49.4 Å². The van der Waals surface area contributed by atoms with Crippen LogP contribution in [0, 0.1) is 0 Å². The Balaban J connectivity index is 1.10. The molecule has 2 unspecified atom stereocenters. The van der Waals surface area contributed by atoms with Gasteiger partial charge >= 0.3 is 0 Å². The lowest BCUT2D eigenvalue weighted by Gasteiger charge is -2.20. The second kappa shape index (κ2) is 11.3. The largest absolute Gasteiger partial charge is 0.485 e. The Kier molecular flexibility index (Phi) is 6.23. The number of fused-ring (bicyclic) bond motifs is 8. The normalized spacial score (nSPS) is 17.9. The van der Waals surface area contributed by atoms with Crippen molar-refractivity contribution in [3.05, 3.63) is 174 Å². The average Bonchev–Trinajstić information content (AvgIpc) is 3.91. The molecule has 0 saturated carbocycles. The Bertz CT molecular complexity index is 3040. The molecule has 4 aliphatic rings. The molecule has 5 heteroatoms. The Morgan fingerprint density at radius 2 is 1.28 bits per heavy atom. The molecule has 0 radical (unpaired) electrons. The minimum atomic E-state index is -0.107. The average molecular weight is 694 g/mol. The molecule has 0 fully saturated rings. The van der Waals surface area contributed by atoms with E-state index in [0.717, 1.165) is 68.2 Å². The van der Waals surface area contributed by atoms with Gasteiger partial charge in [-0.3, -0.25) is 0 Å². The van der Waals surface area contributed by atoms with E-state index in [2.05, 4.69) is 115 Å². The molecule has 0 bridgehead atoms. The van der Waals surface area contributed by atoms with Gasteiger partial charge in [0.2, 0.25) is 0 Å². The van der Waals surface area contributed by atoms with Crippen molar-refractivity contribution in [2.24, 2.45) is 0 Å². The fourth-order valence-corrected chi connectivity index (χ4v) is 9.15. The van der Waals surface area contributed by atoms with Gasteiger partial charge in [0.25, 0.3) is 0 Å². The molecule has 0 saturated heterocycles. The van der Waals surface area contributed by atoms with E-state index in [1.165, 1.54) is 38.8 Å². The van der Waals surface area contributed by atoms with E-state index < -0.39 is 0 Å². The topological polar surface area (TPSA) is 61.0 Å². The monoisotopic (exact) mass is 693 g/mol. The molecule has 8 aromatic rings. The van der Waals surface area contributed by atoms with Crippen LogP contribution in [0.1, 0.15) is 41.0 Å². The van der Waals surface area contributed by atoms with E-state index in [0.29, 0.717) is 17.5 Å². The third-order valence-electron chi connectivity index (χ3n) is 11.5. The molecule has 3 heterocycles. The third kappa shape index (κ3) is 4.29. The molecule has 5 nitrogen and oxygen atoms in total. The summed E-state index contributed by atoms with van der Waals surface area (Å²) in [5.74, 6) is 2.73. The standard InChI is InChI=1S/C49H31N3O2/c1-2-11-28(12-3-1)29-23-26-41-39(27-29)46-38(19-10-22-43(46)54-41)49-51-47(35-25-24-34-31-14-5-4-13-30(31)32-16-8-17-33(35)44(32)34)50-48(52-49)37-18-9-21-42-45(37)36-15-6-7-20-40(36)53-42/h1-3,5-12,14-27,39,41H,4,13H2. The minimum Gasteiger partial charge on any atom is -0.485 e. The summed E-state index contributed by atoms with van der Waals surface area (Å²) in [5, 5.41) is 4.46. The number of aromatic nitrogens is 3. The number of allylic oxidation sites excluding steroid dienone is 6. The zero-order chi connectivity index (χ0) is 35.3. The van der Waals surface area contributed by atoms with Crippen molar-refractivity contribution in [2.75, 3.05) is 0 Å². The molecular weight excluding hydrogens is 663 g/mol. The molecule has 2 aromatic heterocycles. The summed E-state index contributed by atoms with van der Waals surface area (Å²) in [4.78, 5) is 16.1. The van der Waals surface area contributed by atoms with Gasteiger partial charge in [-0.1, -0.05) is 121 Å². The van der Waals surface area contributed by atoms with E-state index in [4.69, 9.17) is 24.1 Å². The van der Waals surface area contributed by atoms with Crippen LogP contribution in [0.2, 0.25) is 0 Å². The first-order valence-electron chi connectivity index (χ1n) is 18.7. The second-order valence-electron chi connectivity index (χ2n) is 14.5. The zero-order valence-corrected chi connectivity index (χ0v) is 29.2. The molecule has 6 aromatic carbocycles. The van der Waals surface area contributed by atoms with Crippen molar-refractivity contribution in [2.45, 2.75) is 24.9 Å². The van der Waals surface area contributed by atoms with Gasteiger partial charge in [-0.2, -0.15) is 0 Å². The van der Waals surface area contributed by atoms with Crippen LogP contribution in [0.25, 0.3) is 83.6 Å². The van der Waals surface area contributed by atoms with Crippen molar-refractivity contribution in [3.63, 3.8) is 0 Å². The summed E-state index contributed by atoms with van der Waals surface area (Å²) >= 11 is 0. The number of benzene rings is 6. The van der Waals surface area contributed by atoms with Gasteiger partial charge in [0.05, 0.1) is 0 Å². The fourth-order valence-electron chi connectivity index (χ4n) is 9.15. The van der Waals surface area contributed by atoms with Gasteiger partial charge < -0.3 is 9.15 Å². The predicted molar refractivity (Wildman–Crippen MR) is 217 cm³/mol. The molecule has 0 N–H and O–H groups in total. The fraction of sp³-hybridized carbons (Fsp3) is 0.0816. The van der Waals surface area contributed by atoms with E-state index in [9.17, 15) is 0 Å². The van der Waals surface area contributed by atoms with Crippen LogP contribution in [-0.4, -0.2) is 21.1 Å². The maximum Gasteiger partial charge on any atom is 0.164 e. The first-order valence-corrected chi connectivity index (χ1v) is 18.7. The van der Waals surface area contributed by atoms with Crippen LogP contribution in [0.4, 0.5) is 0 Å². The van der Waals surface area contributed by atoms with Crippen molar-refractivity contribution < 1.29 is 9.15 Å². The van der Waals surface area contributed by atoms with E-state index in [-0.39, 0.29) is 12.0 Å². The van der Waals surface area contributed by atoms with Gasteiger partial charge in [-0.05, 0) is 87.4 Å². The highest BCUT2D eigenvalue weighted by Gasteiger charge is 2.37. The Hall–Kier alpha value is -6.85. The van der Waals surface area contributed by atoms with E-state index >= 15 is 0 Å². The molecular formula is C49H31N3O2. The van der Waals surface area contributed by atoms with Gasteiger partial charge in [-0.15, -0.1) is 0 Å². The maximum absolute atomic E-state index is 6.59. The molecule has 54 heavy (non-hydrogen) atoms. The molecule has 2 atom stereocenters. The summed E-state index contributed by atoms with van der Waals surface area (Å²) in [5.41, 5.74) is 13.3. The molecule has 12 rings (SSSR count). The Morgan fingerprint density at radius 3 is 2.20 bits per heavy atom. The maximum atomic E-state index is 6.59. The summed E-state index contributed by atoms with van der Waals surface area (Å²) in [6.45, 7) is 0. The lowest BCUT2D eigenvalue weighted by molar-refractivity contribution is 0.269. The number of para-hydroxylation sites is 1. The molecule has 3 aliphatic carbocycles. The van der Waals surface area contributed by atoms with Crippen LogP contribution in [0.15, 0.2) is 156 Å². The third-order valence-corrected chi connectivity index (χ3v) is 11.5. The van der Waals surface area contributed by atoms with Gasteiger partial charge in [0, 0.05) is 38.9 Å². The molecule has 254 valence electrons. The van der Waals surface area contributed by atoms with Crippen molar-refractivity contribution in [1.29, 1.82) is 0 Å². The molecule has 0 amide bonds. The minimum absolute atomic E-state index is 0.00329. The first kappa shape index (κ1) is 29.7. The lowest BCUT2D eigenvalue weighted by atomic mass is 9.84. The van der Waals surface area contributed by atoms with E-state index in [1.807, 2.05) is 36.4 Å². The van der Waals surface area contributed by atoms with Crippen molar-refractivity contribution in [3.8, 4) is 39.9 Å². The first-order chi connectivity index (χ1) is 26.8. The Labute approximate surface area is 311 Å². The highest BCUT2D eigenvalue weighted by Crippen LogP contribution is 2.50. The van der Waals surface area contributed by atoms with Crippen LogP contribution < -0.4 is 4.74 Å². The number of furan rings is 1. The van der Waals surface area contributed by atoms with Crippen molar-refractivity contribution in [1.82, 2.24) is 15.0 Å². The van der Waals surface area contributed by atoms with Crippen LogP contribution in [-0.2, 0) is 0 Å². The highest BCUT2D eigenvalue weighted by molar-refractivity contribution is 6.19. The van der Waals surface area contributed by atoms with Crippen LogP contribution in [0.3, 0.4) is 0 Å². The summed E-state index contributed by atoms with van der Waals surface area (Å²) in [7, 11) is 0. The lowest BCUT2D eigenvalue weighted by Crippen LogP contribution is -2.17. The quantitative estimate of drug-likeness (QED) is 0.184.